The molecule has 0 aliphatic carbocycles. The second-order valence-electron chi connectivity index (χ2n) is 5.46. The van der Waals surface area contributed by atoms with Crippen LogP contribution in [-0.2, 0) is 4.79 Å². The predicted molar refractivity (Wildman–Crippen MR) is 86.8 cm³/mol. The molecular weight excluding hydrogens is 296 g/mol. The molecule has 0 spiro atoms. The van der Waals surface area contributed by atoms with E-state index in [0.717, 1.165) is 18.7 Å². The van der Waals surface area contributed by atoms with E-state index in [-0.39, 0.29) is 17.4 Å². The summed E-state index contributed by atoms with van der Waals surface area (Å²) in [6.45, 7) is 1.29. The lowest BCUT2D eigenvalue weighted by molar-refractivity contribution is -0.119. The van der Waals surface area contributed by atoms with Gasteiger partial charge in [0.15, 0.2) is 0 Å². The van der Waals surface area contributed by atoms with E-state index < -0.39 is 0 Å². The van der Waals surface area contributed by atoms with Gasteiger partial charge in [0.2, 0.25) is 5.91 Å². The molecule has 120 valence electrons. The number of H-pyrrole nitrogens is 1. The van der Waals surface area contributed by atoms with Crippen molar-refractivity contribution >= 4 is 17.3 Å². The van der Waals surface area contributed by atoms with Gasteiger partial charge in [-0.25, -0.2) is 5.10 Å². The second-order valence-corrected chi connectivity index (χ2v) is 5.46. The minimum absolute atomic E-state index is 0.0291. The molecule has 1 saturated heterocycles. The fraction of sp³-hybridized carbons (Fsp3) is 0.312. The molecular formula is C16H18N4O3. The van der Waals surface area contributed by atoms with Crippen LogP contribution in [0, 0.1) is 5.92 Å². The van der Waals surface area contributed by atoms with Crippen LogP contribution < -0.4 is 20.5 Å². The van der Waals surface area contributed by atoms with Crippen LogP contribution in [0.2, 0.25) is 0 Å². The highest BCUT2D eigenvalue weighted by Gasteiger charge is 2.28. The van der Waals surface area contributed by atoms with E-state index in [1.165, 1.54) is 6.07 Å². The van der Waals surface area contributed by atoms with Crippen molar-refractivity contribution in [3.8, 4) is 5.75 Å². The van der Waals surface area contributed by atoms with Gasteiger partial charge >= 0.3 is 0 Å². The molecule has 2 heterocycles. The number of carbonyl (C=O) groups excluding carboxylic acids is 1. The number of carbonyl (C=O) groups is 1. The minimum atomic E-state index is -0.244. The summed E-state index contributed by atoms with van der Waals surface area (Å²) in [5.41, 5.74) is 1.21. The van der Waals surface area contributed by atoms with E-state index in [1.807, 2.05) is 23.1 Å². The number of ether oxygens (including phenoxy) is 1. The summed E-state index contributed by atoms with van der Waals surface area (Å²) in [5.74, 6) is 0.546. The molecule has 7 heteroatoms. The summed E-state index contributed by atoms with van der Waals surface area (Å²) in [5, 5.41) is 9.05. The molecule has 1 aliphatic heterocycles. The number of hydrogen-bond donors (Lipinski definition) is 2. The lowest BCUT2D eigenvalue weighted by atomic mass is 10.1. The maximum Gasteiger partial charge on any atom is 0.266 e. The Morgan fingerprint density at radius 3 is 3.09 bits per heavy atom. The van der Waals surface area contributed by atoms with E-state index in [2.05, 4.69) is 15.5 Å². The van der Waals surface area contributed by atoms with Gasteiger partial charge in [0.1, 0.15) is 5.75 Å². The highest BCUT2D eigenvalue weighted by atomic mass is 16.5. The number of hydrogen-bond acceptors (Lipinski definition) is 5. The summed E-state index contributed by atoms with van der Waals surface area (Å²) in [6.07, 6.45) is 2.34. The van der Waals surface area contributed by atoms with Crippen molar-refractivity contribution < 1.29 is 9.53 Å². The van der Waals surface area contributed by atoms with Crippen LogP contribution in [0.15, 0.2) is 41.3 Å². The number of nitrogens with zero attached hydrogens (tertiary/aromatic N) is 2. The molecule has 1 unspecified atom stereocenters. The topological polar surface area (TPSA) is 87.3 Å². The largest absolute Gasteiger partial charge is 0.497 e. The smallest absolute Gasteiger partial charge is 0.266 e. The zero-order chi connectivity index (χ0) is 16.2. The number of anilines is 2. The van der Waals surface area contributed by atoms with Crippen LogP contribution in [0.4, 0.5) is 11.4 Å². The summed E-state index contributed by atoms with van der Waals surface area (Å²) in [7, 11) is 1.59. The molecule has 2 aromatic rings. The highest BCUT2D eigenvalue weighted by molar-refractivity contribution is 5.93. The average Bonchev–Trinajstić information content (AvgIpc) is 3.05. The number of benzene rings is 1. The molecule has 0 bridgehead atoms. The first-order valence-corrected chi connectivity index (χ1v) is 7.40. The van der Waals surface area contributed by atoms with Crippen LogP contribution in [0.1, 0.15) is 6.42 Å². The Morgan fingerprint density at radius 2 is 2.30 bits per heavy atom. The van der Waals surface area contributed by atoms with Gasteiger partial charge in [0.05, 0.1) is 24.9 Å². The van der Waals surface area contributed by atoms with Crippen molar-refractivity contribution in [1.29, 1.82) is 0 Å². The summed E-state index contributed by atoms with van der Waals surface area (Å²) in [4.78, 5) is 25.7. The number of rotatable bonds is 4. The van der Waals surface area contributed by atoms with E-state index in [0.29, 0.717) is 18.0 Å². The summed E-state index contributed by atoms with van der Waals surface area (Å²) in [6, 6.07) is 8.76. The lowest BCUT2D eigenvalue weighted by Gasteiger charge is -2.17. The molecule has 1 aliphatic rings. The van der Waals surface area contributed by atoms with Crippen molar-refractivity contribution in [2.45, 2.75) is 6.42 Å². The Hall–Kier alpha value is -2.83. The molecule has 3 rings (SSSR count). The molecule has 23 heavy (non-hydrogen) atoms. The molecule has 1 aromatic heterocycles. The summed E-state index contributed by atoms with van der Waals surface area (Å²) < 4.78 is 5.15. The molecule has 1 amide bonds. The van der Waals surface area contributed by atoms with Crippen molar-refractivity contribution in [1.82, 2.24) is 10.2 Å². The Bertz CT molecular complexity index is 759. The van der Waals surface area contributed by atoms with Gasteiger partial charge in [-0.15, -0.1) is 0 Å². The molecule has 1 fully saturated rings. The molecule has 0 radical (unpaired) electrons. The zero-order valence-corrected chi connectivity index (χ0v) is 12.8. The highest BCUT2D eigenvalue weighted by Crippen LogP contribution is 2.24. The van der Waals surface area contributed by atoms with Gasteiger partial charge in [-0.05, 0) is 18.6 Å². The maximum atomic E-state index is 12.4. The SMILES string of the molecule is COc1cccc(NC(=O)C2CCN(c3cn[nH]c(=O)c3)C2)c1. The molecule has 1 aromatic carbocycles. The number of aromatic nitrogens is 2. The van der Waals surface area contributed by atoms with Crippen LogP contribution in [0.5, 0.6) is 5.75 Å². The third-order valence-corrected chi connectivity index (χ3v) is 3.91. The molecule has 1 atom stereocenters. The maximum absolute atomic E-state index is 12.4. The normalized spacial score (nSPS) is 17.1. The fourth-order valence-electron chi connectivity index (χ4n) is 2.69. The van der Waals surface area contributed by atoms with Crippen molar-refractivity contribution in [2.24, 2.45) is 5.92 Å². The molecule has 0 saturated carbocycles. The Morgan fingerprint density at radius 1 is 1.43 bits per heavy atom. The van der Waals surface area contributed by atoms with Gasteiger partial charge < -0.3 is 15.0 Å². The Kier molecular flexibility index (Phi) is 4.27. The first-order valence-electron chi connectivity index (χ1n) is 7.40. The third-order valence-electron chi connectivity index (χ3n) is 3.91. The van der Waals surface area contributed by atoms with E-state index in [9.17, 15) is 9.59 Å². The Balaban J connectivity index is 1.64. The van der Waals surface area contributed by atoms with Crippen LogP contribution >= 0.6 is 0 Å². The van der Waals surface area contributed by atoms with Crippen molar-refractivity contribution in [3.63, 3.8) is 0 Å². The van der Waals surface area contributed by atoms with Crippen LogP contribution in [0.3, 0.4) is 0 Å². The van der Waals surface area contributed by atoms with E-state index >= 15 is 0 Å². The van der Waals surface area contributed by atoms with Crippen molar-refractivity contribution in [3.05, 3.63) is 46.9 Å². The first-order chi connectivity index (χ1) is 11.2. The number of nitrogens with one attached hydrogen (secondary N) is 2. The third kappa shape index (κ3) is 3.50. The van der Waals surface area contributed by atoms with Gasteiger partial charge in [-0.1, -0.05) is 6.07 Å². The standard InChI is InChI=1S/C16H18N4O3/c1-23-14-4-2-3-12(7-14)18-16(22)11-5-6-20(10-11)13-8-15(21)19-17-9-13/h2-4,7-9,11H,5-6,10H2,1H3,(H,18,22)(H,19,21). The zero-order valence-electron chi connectivity index (χ0n) is 12.8. The predicted octanol–water partition coefficient (Wildman–Crippen LogP) is 1.24. The summed E-state index contributed by atoms with van der Waals surface area (Å²) >= 11 is 0. The van der Waals surface area contributed by atoms with Crippen LogP contribution in [-0.4, -0.2) is 36.3 Å². The minimum Gasteiger partial charge on any atom is -0.497 e. The second kappa shape index (κ2) is 6.51. The molecule has 7 nitrogen and oxygen atoms in total. The van der Waals surface area contributed by atoms with Gasteiger partial charge in [-0.2, -0.15) is 5.10 Å². The quantitative estimate of drug-likeness (QED) is 0.886. The fourth-order valence-corrected chi connectivity index (χ4v) is 2.69. The number of methoxy groups -OCH3 is 1. The van der Waals surface area contributed by atoms with Gasteiger partial charge in [0, 0.05) is 30.9 Å². The Labute approximate surface area is 133 Å². The van der Waals surface area contributed by atoms with Gasteiger partial charge in [-0.3, -0.25) is 9.59 Å². The number of amides is 1. The lowest BCUT2D eigenvalue weighted by Crippen LogP contribution is -2.27. The first kappa shape index (κ1) is 15.1. The van der Waals surface area contributed by atoms with Gasteiger partial charge in [0.25, 0.3) is 5.56 Å². The van der Waals surface area contributed by atoms with Crippen LogP contribution in [0.25, 0.3) is 0 Å². The van der Waals surface area contributed by atoms with E-state index in [1.54, 1.807) is 19.4 Å². The van der Waals surface area contributed by atoms with Crippen molar-refractivity contribution in [2.75, 3.05) is 30.4 Å². The number of aromatic amines is 1. The monoisotopic (exact) mass is 314 g/mol. The molecule has 2 N–H and O–H groups in total. The average molecular weight is 314 g/mol. The van der Waals surface area contributed by atoms with E-state index in [4.69, 9.17) is 4.74 Å².